The van der Waals surface area contributed by atoms with Gasteiger partial charge in [0.2, 0.25) is 5.91 Å². The lowest BCUT2D eigenvalue weighted by molar-refractivity contribution is -0.125. The summed E-state index contributed by atoms with van der Waals surface area (Å²) in [6.45, 7) is 6.42. The van der Waals surface area contributed by atoms with Crippen LogP contribution in [0.3, 0.4) is 0 Å². The van der Waals surface area contributed by atoms with E-state index < -0.39 is 5.60 Å². The summed E-state index contributed by atoms with van der Waals surface area (Å²) in [6, 6.07) is 0. The van der Waals surface area contributed by atoms with Crippen LogP contribution in [0.1, 0.15) is 40.0 Å². The van der Waals surface area contributed by atoms with Gasteiger partial charge in [-0.2, -0.15) is 0 Å². The minimum Gasteiger partial charge on any atom is -0.388 e. The number of rotatable bonds is 7. The second-order valence-electron chi connectivity index (χ2n) is 4.40. The Labute approximate surface area is 92.2 Å². The zero-order valence-corrected chi connectivity index (χ0v) is 10.0. The van der Waals surface area contributed by atoms with Gasteiger partial charge in [0.15, 0.2) is 0 Å². The fraction of sp³-hybridized carbons (Fsp3) is 0.909. The Morgan fingerprint density at radius 1 is 1.60 bits per heavy atom. The first-order chi connectivity index (χ1) is 6.93. The third-order valence-corrected chi connectivity index (χ3v) is 2.69. The van der Waals surface area contributed by atoms with Crippen LogP contribution in [-0.2, 0) is 4.79 Å². The Bertz CT molecular complexity index is 193. The number of nitrogens with one attached hydrogen (secondary N) is 1. The van der Waals surface area contributed by atoms with Gasteiger partial charge in [0.25, 0.3) is 0 Å². The molecule has 0 spiro atoms. The third-order valence-electron chi connectivity index (χ3n) is 2.69. The standard InChI is InChI=1S/C11H24N2O2/c1-4-11(3,15)8-13-10(14)9(2)6-5-7-12/h9,15H,4-8,12H2,1-3H3,(H,13,14). The monoisotopic (exact) mass is 216 g/mol. The predicted molar refractivity (Wildman–Crippen MR) is 61.4 cm³/mol. The summed E-state index contributed by atoms with van der Waals surface area (Å²) in [4.78, 5) is 11.5. The van der Waals surface area contributed by atoms with E-state index in [1.807, 2.05) is 13.8 Å². The molecule has 0 aromatic rings. The molecule has 0 aliphatic heterocycles. The van der Waals surface area contributed by atoms with Gasteiger partial charge in [0.05, 0.1) is 5.60 Å². The smallest absolute Gasteiger partial charge is 0.222 e. The van der Waals surface area contributed by atoms with Gasteiger partial charge in [-0.3, -0.25) is 4.79 Å². The van der Waals surface area contributed by atoms with E-state index in [2.05, 4.69) is 5.32 Å². The lowest BCUT2D eigenvalue weighted by Crippen LogP contribution is -2.42. The van der Waals surface area contributed by atoms with E-state index in [-0.39, 0.29) is 11.8 Å². The molecule has 0 heterocycles. The van der Waals surface area contributed by atoms with E-state index >= 15 is 0 Å². The second kappa shape index (κ2) is 6.80. The van der Waals surface area contributed by atoms with Crippen LogP contribution in [0.4, 0.5) is 0 Å². The molecule has 0 bridgehead atoms. The van der Waals surface area contributed by atoms with Crippen molar-refractivity contribution < 1.29 is 9.90 Å². The molecule has 2 unspecified atom stereocenters. The number of aliphatic hydroxyl groups is 1. The van der Waals surface area contributed by atoms with Gasteiger partial charge in [-0.1, -0.05) is 13.8 Å². The van der Waals surface area contributed by atoms with Crippen LogP contribution in [-0.4, -0.2) is 29.7 Å². The van der Waals surface area contributed by atoms with Crippen LogP contribution in [0.25, 0.3) is 0 Å². The van der Waals surface area contributed by atoms with Crippen LogP contribution in [0.2, 0.25) is 0 Å². The van der Waals surface area contributed by atoms with Crippen molar-refractivity contribution in [2.24, 2.45) is 11.7 Å². The van der Waals surface area contributed by atoms with Crippen LogP contribution in [0.15, 0.2) is 0 Å². The van der Waals surface area contributed by atoms with E-state index in [1.54, 1.807) is 6.92 Å². The lowest BCUT2D eigenvalue weighted by atomic mass is 10.0. The maximum atomic E-state index is 11.5. The van der Waals surface area contributed by atoms with Crippen LogP contribution in [0.5, 0.6) is 0 Å². The van der Waals surface area contributed by atoms with Crippen molar-refractivity contribution in [1.29, 1.82) is 0 Å². The fourth-order valence-electron chi connectivity index (χ4n) is 1.13. The maximum Gasteiger partial charge on any atom is 0.222 e. The maximum absolute atomic E-state index is 11.5. The number of carbonyl (C=O) groups is 1. The molecule has 4 heteroatoms. The Morgan fingerprint density at radius 3 is 2.67 bits per heavy atom. The molecule has 0 radical (unpaired) electrons. The number of carbonyl (C=O) groups excluding carboxylic acids is 1. The van der Waals surface area contributed by atoms with Gasteiger partial charge in [0.1, 0.15) is 0 Å². The normalized spacial score (nSPS) is 16.9. The molecule has 0 fully saturated rings. The summed E-state index contributed by atoms with van der Waals surface area (Å²) in [5, 5.41) is 12.4. The number of amides is 1. The molecule has 0 aromatic heterocycles. The SMILES string of the molecule is CCC(C)(O)CNC(=O)C(C)CCCN. The van der Waals surface area contributed by atoms with Crippen molar-refractivity contribution in [2.75, 3.05) is 13.1 Å². The summed E-state index contributed by atoms with van der Waals surface area (Å²) in [5.74, 6) is -0.0293. The third kappa shape index (κ3) is 6.47. The van der Waals surface area contributed by atoms with Gasteiger partial charge in [0, 0.05) is 12.5 Å². The van der Waals surface area contributed by atoms with Crippen molar-refractivity contribution in [3.8, 4) is 0 Å². The van der Waals surface area contributed by atoms with Crippen LogP contribution >= 0.6 is 0 Å². The summed E-state index contributed by atoms with van der Waals surface area (Å²) < 4.78 is 0. The summed E-state index contributed by atoms with van der Waals surface area (Å²) >= 11 is 0. The molecule has 2 atom stereocenters. The molecule has 0 saturated carbocycles. The molecule has 0 saturated heterocycles. The quantitative estimate of drug-likeness (QED) is 0.584. The molecule has 1 amide bonds. The summed E-state index contributed by atoms with van der Waals surface area (Å²) in [6.07, 6.45) is 2.29. The molecule has 0 aliphatic carbocycles. The van der Waals surface area contributed by atoms with E-state index in [0.717, 1.165) is 12.8 Å². The zero-order valence-electron chi connectivity index (χ0n) is 10.0. The van der Waals surface area contributed by atoms with E-state index in [1.165, 1.54) is 0 Å². The minimum atomic E-state index is -0.802. The lowest BCUT2D eigenvalue weighted by Gasteiger charge is -2.22. The Kier molecular flexibility index (Phi) is 6.52. The van der Waals surface area contributed by atoms with E-state index in [4.69, 9.17) is 5.73 Å². The molecular weight excluding hydrogens is 192 g/mol. The van der Waals surface area contributed by atoms with E-state index in [9.17, 15) is 9.90 Å². The Hall–Kier alpha value is -0.610. The molecule has 90 valence electrons. The second-order valence-corrected chi connectivity index (χ2v) is 4.40. The summed E-state index contributed by atoms with van der Waals surface area (Å²) in [7, 11) is 0. The average molecular weight is 216 g/mol. The highest BCUT2D eigenvalue weighted by Gasteiger charge is 2.20. The molecule has 0 rings (SSSR count). The Balaban J connectivity index is 3.82. The molecule has 4 N–H and O–H groups in total. The first kappa shape index (κ1) is 14.4. The Morgan fingerprint density at radius 2 is 2.20 bits per heavy atom. The van der Waals surface area contributed by atoms with Gasteiger partial charge in [-0.25, -0.2) is 0 Å². The molecule has 0 aromatic carbocycles. The minimum absolute atomic E-state index is 0.00262. The zero-order chi connectivity index (χ0) is 11.9. The first-order valence-corrected chi connectivity index (χ1v) is 5.63. The largest absolute Gasteiger partial charge is 0.388 e. The number of nitrogens with two attached hydrogens (primary N) is 1. The summed E-state index contributed by atoms with van der Waals surface area (Å²) in [5.41, 5.74) is 4.57. The molecule has 15 heavy (non-hydrogen) atoms. The molecular formula is C11H24N2O2. The highest BCUT2D eigenvalue weighted by molar-refractivity contribution is 5.78. The van der Waals surface area contributed by atoms with Crippen molar-refractivity contribution in [3.05, 3.63) is 0 Å². The van der Waals surface area contributed by atoms with Gasteiger partial charge in [-0.15, -0.1) is 0 Å². The molecule has 4 nitrogen and oxygen atoms in total. The van der Waals surface area contributed by atoms with Crippen molar-refractivity contribution in [1.82, 2.24) is 5.32 Å². The van der Waals surface area contributed by atoms with Gasteiger partial charge >= 0.3 is 0 Å². The van der Waals surface area contributed by atoms with E-state index in [0.29, 0.717) is 19.5 Å². The van der Waals surface area contributed by atoms with Gasteiger partial charge < -0.3 is 16.2 Å². The number of hydrogen-bond donors (Lipinski definition) is 3. The fourth-order valence-corrected chi connectivity index (χ4v) is 1.13. The average Bonchev–Trinajstić information content (AvgIpc) is 2.22. The van der Waals surface area contributed by atoms with Crippen LogP contribution in [0, 0.1) is 5.92 Å². The highest BCUT2D eigenvalue weighted by Crippen LogP contribution is 2.08. The molecule has 0 aliphatic rings. The van der Waals surface area contributed by atoms with Crippen molar-refractivity contribution in [2.45, 2.75) is 45.6 Å². The van der Waals surface area contributed by atoms with Gasteiger partial charge in [-0.05, 0) is 32.7 Å². The number of hydrogen-bond acceptors (Lipinski definition) is 3. The topological polar surface area (TPSA) is 75.3 Å². The van der Waals surface area contributed by atoms with Crippen LogP contribution < -0.4 is 11.1 Å². The highest BCUT2D eigenvalue weighted by atomic mass is 16.3. The first-order valence-electron chi connectivity index (χ1n) is 5.63. The van der Waals surface area contributed by atoms with Crippen molar-refractivity contribution >= 4 is 5.91 Å². The van der Waals surface area contributed by atoms with Crippen molar-refractivity contribution in [3.63, 3.8) is 0 Å². The predicted octanol–water partition coefficient (Wildman–Crippen LogP) is 0.639.